The fourth-order valence-corrected chi connectivity index (χ4v) is 2.78. The minimum absolute atomic E-state index is 0.136. The highest BCUT2D eigenvalue weighted by atomic mass is 16.5. The maximum atomic E-state index is 12.0. The molecule has 0 bridgehead atoms. The first kappa shape index (κ1) is 15.5. The van der Waals surface area contributed by atoms with Gasteiger partial charge in [-0.2, -0.15) is 0 Å². The van der Waals surface area contributed by atoms with Crippen molar-refractivity contribution in [2.75, 3.05) is 19.7 Å². The number of amides is 1. The minimum atomic E-state index is -0.347. The summed E-state index contributed by atoms with van der Waals surface area (Å²) in [7, 11) is 0. The molecule has 6 nitrogen and oxygen atoms in total. The number of carbonyl (C=O) groups excluding carboxylic acids is 2. The SMILES string of the molecule is CCC(=O)OCC(=O)N1CCC(c2nc3ccccc3o2)CC1. The zero-order valence-corrected chi connectivity index (χ0v) is 13.2. The van der Waals surface area contributed by atoms with Crippen molar-refractivity contribution in [3.05, 3.63) is 30.2 Å². The number of piperidine rings is 1. The molecule has 0 radical (unpaired) electrons. The molecule has 3 rings (SSSR count). The standard InChI is InChI=1S/C17H20N2O4/c1-2-16(21)22-11-15(20)19-9-7-12(8-10-19)17-18-13-5-3-4-6-14(13)23-17/h3-6,12H,2,7-11H2,1H3. The second-order valence-corrected chi connectivity index (χ2v) is 5.69. The average Bonchev–Trinajstić information content (AvgIpc) is 3.03. The van der Waals surface area contributed by atoms with Crippen LogP contribution in [0.2, 0.25) is 0 Å². The number of hydrogen-bond donors (Lipinski definition) is 0. The molecule has 122 valence electrons. The first-order valence-electron chi connectivity index (χ1n) is 7.96. The lowest BCUT2D eigenvalue weighted by Gasteiger charge is -2.30. The molecule has 1 saturated heterocycles. The van der Waals surface area contributed by atoms with Gasteiger partial charge >= 0.3 is 5.97 Å². The van der Waals surface area contributed by atoms with Gasteiger partial charge in [0.15, 0.2) is 18.1 Å². The number of fused-ring (bicyclic) bond motifs is 1. The van der Waals surface area contributed by atoms with Crippen LogP contribution in [0.1, 0.15) is 38.0 Å². The number of esters is 1. The van der Waals surface area contributed by atoms with Gasteiger partial charge in [0, 0.05) is 25.4 Å². The van der Waals surface area contributed by atoms with E-state index >= 15 is 0 Å². The summed E-state index contributed by atoms with van der Waals surface area (Å²) >= 11 is 0. The maximum Gasteiger partial charge on any atom is 0.306 e. The Morgan fingerprint density at radius 3 is 2.74 bits per heavy atom. The monoisotopic (exact) mass is 316 g/mol. The molecule has 0 N–H and O–H groups in total. The van der Waals surface area contributed by atoms with Crippen molar-refractivity contribution < 1.29 is 18.7 Å². The van der Waals surface area contributed by atoms with Gasteiger partial charge < -0.3 is 14.1 Å². The number of hydrogen-bond acceptors (Lipinski definition) is 5. The third-order valence-electron chi connectivity index (χ3n) is 4.15. The van der Waals surface area contributed by atoms with Crippen LogP contribution in [0, 0.1) is 0 Å². The molecule has 1 aromatic heterocycles. The zero-order chi connectivity index (χ0) is 16.2. The lowest BCUT2D eigenvalue weighted by molar-refractivity contribution is -0.152. The first-order chi connectivity index (χ1) is 11.2. The van der Waals surface area contributed by atoms with E-state index in [0.717, 1.165) is 29.8 Å². The van der Waals surface area contributed by atoms with Crippen molar-refractivity contribution in [1.82, 2.24) is 9.88 Å². The molecule has 2 aromatic rings. The Kier molecular flexibility index (Phi) is 4.60. The van der Waals surface area contributed by atoms with Gasteiger partial charge in [0.2, 0.25) is 0 Å². The van der Waals surface area contributed by atoms with Crippen molar-refractivity contribution >= 4 is 23.0 Å². The molecule has 1 amide bonds. The molecule has 0 unspecified atom stereocenters. The van der Waals surface area contributed by atoms with Gasteiger partial charge in [0.25, 0.3) is 5.91 Å². The van der Waals surface area contributed by atoms with Crippen molar-refractivity contribution in [2.45, 2.75) is 32.1 Å². The highest BCUT2D eigenvalue weighted by Crippen LogP contribution is 2.29. The summed E-state index contributed by atoms with van der Waals surface area (Å²) in [4.78, 5) is 29.4. The number of benzene rings is 1. The fraction of sp³-hybridized carbons (Fsp3) is 0.471. The van der Waals surface area contributed by atoms with Gasteiger partial charge in [-0.3, -0.25) is 9.59 Å². The second-order valence-electron chi connectivity index (χ2n) is 5.69. The van der Waals surface area contributed by atoms with E-state index < -0.39 is 0 Å². The number of oxazole rings is 1. The Hall–Kier alpha value is -2.37. The number of nitrogens with zero attached hydrogens (tertiary/aromatic N) is 2. The number of rotatable bonds is 4. The largest absolute Gasteiger partial charge is 0.456 e. The van der Waals surface area contributed by atoms with Crippen LogP contribution in [0.3, 0.4) is 0 Å². The molecular weight excluding hydrogens is 296 g/mol. The molecule has 23 heavy (non-hydrogen) atoms. The number of ether oxygens (including phenoxy) is 1. The van der Waals surface area contributed by atoms with E-state index in [1.807, 2.05) is 24.3 Å². The van der Waals surface area contributed by atoms with Gasteiger partial charge in [-0.1, -0.05) is 19.1 Å². The lowest BCUT2D eigenvalue weighted by atomic mass is 9.97. The van der Waals surface area contributed by atoms with Gasteiger partial charge in [0.1, 0.15) is 5.52 Å². The molecule has 1 aromatic carbocycles. The maximum absolute atomic E-state index is 12.0. The Balaban J connectivity index is 1.55. The lowest BCUT2D eigenvalue weighted by Crippen LogP contribution is -2.40. The van der Waals surface area contributed by atoms with E-state index in [4.69, 9.17) is 9.15 Å². The number of carbonyl (C=O) groups is 2. The van der Waals surface area contributed by atoms with E-state index in [1.54, 1.807) is 11.8 Å². The minimum Gasteiger partial charge on any atom is -0.456 e. The summed E-state index contributed by atoms with van der Waals surface area (Å²) in [5.41, 5.74) is 1.67. The average molecular weight is 316 g/mol. The Morgan fingerprint density at radius 1 is 1.30 bits per heavy atom. The quantitative estimate of drug-likeness (QED) is 0.810. The Bertz CT molecular complexity index is 668. The molecule has 0 spiro atoms. The third kappa shape index (κ3) is 3.52. The molecule has 0 saturated carbocycles. The van der Waals surface area contributed by atoms with Crippen LogP contribution in [0.15, 0.2) is 28.7 Å². The molecule has 6 heteroatoms. The van der Waals surface area contributed by atoms with Gasteiger partial charge in [-0.25, -0.2) is 4.98 Å². The van der Waals surface area contributed by atoms with E-state index in [1.165, 1.54) is 0 Å². The summed E-state index contributed by atoms with van der Waals surface area (Å²) in [6.07, 6.45) is 1.90. The summed E-state index contributed by atoms with van der Waals surface area (Å²) in [5.74, 6) is 0.489. The molecule has 1 aliphatic heterocycles. The zero-order valence-electron chi connectivity index (χ0n) is 13.2. The van der Waals surface area contributed by atoms with E-state index in [9.17, 15) is 9.59 Å². The smallest absolute Gasteiger partial charge is 0.306 e. The molecule has 0 aliphatic carbocycles. The molecule has 1 fully saturated rings. The summed E-state index contributed by atoms with van der Waals surface area (Å²) in [6.45, 7) is 2.80. The first-order valence-corrected chi connectivity index (χ1v) is 7.96. The van der Waals surface area contributed by atoms with Gasteiger partial charge in [0.05, 0.1) is 0 Å². The van der Waals surface area contributed by atoms with Crippen LogP contribution >= 0.6 is 0 Å². The molecular formula is C17H20N2O4. The van der Waals surface area contributed by atoms with Crippen molar-refractivity contribution in [3.63, 3.8) is 0 Å². The number of aromatic nitrogens is 1. The van der Waals surface area contributed by atoms with Crippen LogP contribution < -0.4 is 0 Å². The highest BCUT2D eigenvalue weighted by Gasteiger charge is 2.27. The summed E-state index contributed by atoms with van der Waals surface area (Å²) < 4.78 is 10.7. The van der Waals surface area contributed by atoms with Crippen molar-refractivity contribution in [2.24, 2.45) is 0 Å². The summed E-state index contributed by atoms with van der Waals surface area (Å²) in [6, 6.07) is 7.71. The predicted octanol–water partition coefficient (Wildman–Crippen LogP) is 2.49. The van der Waals surface area contributed by atoms with Crippen LogP contribution in [0.25, 0.3) is 11.1 Å². The van der Waals surface area contributed by atoms with Crippen LogP contribution in [0.5, 0.6) is 0 Å². The fourth-order valence-electron chi connectivity index (χ4n) is 2.78. The third-order valence-corrected chi connectivity index (χ3v) is 4.15. The number of para-hydroxylation sites is 2. The Labute approximate surface area is 134 Å². The van der Waals surface area contributed by atoms with Crippen molar-refractivity contribution in [1.29, 1.82) is 0 Å². The Morgan fingerprint density at radius 2 is 2.04 bits per heavy atom. The topological polar surface area (TPSA) is 72.6 Å². The van der Waals surface area contributed by atoms with Crippen LogP contribution in [-0.4, -0.2) is 41.5 Å². The van der Waals surface area contributed by atoms with Crippen LogP contribution in [0.4, 0.5) is 0 Å². The second kappa shape index (κ2) is 6.81. The van der Waals surface area contributed by atoms with E-state index in [-0.39, 0.29) is 30.8 Å². The van der Waals surface area contributed by atoms with Crippen LogP contribution in [-0.2, 0) is 14.3 Å². The normalized spacial score (nSPS) is 15.8. The number of likely N-dealkylation sites (tertiary alicyclic amines) is 1. The van der Waals surface area contributed by atoms with Crippen molar-refractivity contribution in [3.8, 4) is 0 Å². The van der Waals surface area contributed by atoms with E-state index in [2.05, 4.69) is 4.98 Å². The van der Waals surface area contributed by atoms with E-state index in [0.29, 0.717) is 13.1 Å². The van der Waals surface area contributed by atoms with Gasteiger partial charge in [-0.15, -0.1) is 0 Å². The molecule has 2 heterocycles. The summed E-state index contributed by atoms with van der Waals surface area (Å²) in [5, 5.41) is 0. The van der Waals surface area contributed by atoms with Gasteiger partial charge in [-0.05, 0) is 25.0 Å². The molecule has 0 atom stereocenters. The molecule has 1 aliphatic rings. The highest BCUT2D eigenvalue weighted by molar-refractivity contribution is 5.80. The predicted molar refractivity (Wildman–Crippen MR) is 83.8 cm³/mol.